The molecule has 0 heterocycles. The molecule has 0 radical (unpaired) electrons. The maximum Gasteiger partial charge on any atom is 0.120 e. The molecule has 0 amide bonds. The van der Waals surface area contributed by atoms with Crippen molar-refractivity contribution in [1.82, 2.24) is 5.32 Å². The van der Waals surface area contributed by atoms with Gasteiger partial charge in [0.15, 0.2) is 0 Å². The van der Waals surface area contributed by atoms with Gasteiger partial charge in [0.05, 0.1) is 0 Å². The van der Waals surface area contributed by atoms with Crippen molar-refractivity contribution >= 4 is 27.7 Å². The van der Waals surface area contributed by atoms with Crippen LogP contribution < -0.4 is 5.32 Å². The van der Waals surface area contributed by atoms with Crippen LogP contribution in [0.4, 0.5) is 0 Å². The van der Waals surface area contributed by atoms with Gasteiger partial charge in [0.25, 0.3) is 0 Å². The molecule has 0 aliphatic rings. The zero-order chi connectivity index (χ0) is 13.5. The number of hydrogen-bond acceptors (Lipinski definition) is 3. The highest BCUT2D eigenvalue weighted by molar-refractivity contribution is 9.10. The van der Waals surface area contributed by atoms with Gasteiger partial charge in [-0.1, -0.05) is 29.8 Å². The fourth-order valence-corrected chi connectivity index (χ4v) is 3.11. The van der Waals surface area contributed by atoms with E-state index in [-0.39, 0.29) is 6.04 Å². The Kier molecular flexibility index (Phi) is 7.12. The summed E-state index contributed by atoms with van der Waals surface area (Å²) in [7, 11) is 0. The molecule has 2 nitrogen and oxygen atoms in total. The molecule has 2 unspecified atom stereocenters. The van der Waals surface area contributed by atoms with Crippen molar-refractivity contribution in [3.63, 3.8) is 0 Å². The lowest BCUT2D eigenvalue weighted by Gasteiger charge is -2.25. The van der Waals surface area contributed by atoms with E-state index in [1.807, 2.05) is 23.9 Å². The van der Waals surface area contributed by atoms with Crippen molar-refractivity contribution in [1.29, 1.82) is 0 Å². The topological polar surface area (TPSA) is 32.3 Å². The predicted octanol–water partition coefficient (Wildman–Crippen LogP) is 4.34. The summed E-state index contributed by atoms with van der Waals surface area (Å²) in [6.45, 7) is 4.34. The molecule has 0 spiro atoms. The second kappa shape index (κ2) is 8.08. The highest BCUT2D eigenvalue weighted by Gasteiger charge is 2.17. The van der Waals surface area contributed by atoms with Crippen molar-refractivity contribution in [2.45, 2.75) is 38.8 Å². The molecule has 18 heavy (non-hydrogen) atoms. The molecule has 0 aliphatic heterocycles. The van der Waals surface area contributed by atoms with Gasteiger partial charge in [0.1, 0.15) is 5.75 Å². The number of thioether (sulfide) groups is 1. The minimum absolute atomic E-state index is 0.208. The second-order valence-corrected chi connectivity index (χ2v) is 6.22. The Morgan fingerprint density at radius 3 is 2.61 bits per heavy atom. The first-order chi connectivity index (χ1) is 8.62. The second-order valence-electron chi connectivity index (χ2n) is 4.39. The zero-order valence-electron chi connectivity index (χ0n) is 11.2. The van der Waals surface area contributed by atoms with E-state index in [1.54, 1.807) is 6.07 Å². The Labute approximate surface area is 123 Å². The number of phenols is 1. The molecule has 0 aromatic heterocycles. The lowest BCUT2D eigenvalue weighted by molar-refractivity contribution is 0.412. The van der Waals surface area contributed by atoms with Crippen LogP contribution in [-0.4, -0.2) is 23.2 Å². The average Bonchev–Trinajstić information content (AvgIpc) is 2.37. The Balaban J connectivity index is 2.84. The highest BCUT2D eigenvalue weighted by Crippen LogP contribution is 2.30. The van der Waals surface area contributed by atoms with Crippen molar-refractivity contribution in [3.8, 4) is 5.75 Å². The summed E-state index contributed by atoms with van der Waals surface area (Å²) >= 11 is 5.32. The van der Waals surface area contributed by atoms with Crippen LogP contribution in [0, 0.1) is 0 Å². The SMILES string of the molecule is CCC(CSC)NC(CC)c1cc(Br)ccc1O. The van der Waals surface area contributed by atoms with Gasteiger partial charge in [0.2, 0.25) is 0 Å². The zero-order valence-corrected chi connectivity index (χ0v) is 13.6. The molecule has 1 aromatic carbocycles. The Hall–Kier alpha value is -0.190. The summed E-state index contributed by atoms with van der Waals surface area (Å²) in [5.74, 6) is 1.47. The predicted molar refractivity (Wildman–Crippen MR) is 84.4 cm³/mol. The minimum atomic E-state index is 0.208. The van der Waals surface area contributed by atoms with Gasteiger partial charge >= 0.3 is 0 Å². The normalized spacial score (nSPS) is 14.4. The van der Waals surface area contributed by atoms with E-state index in [0.717, 1.165) is 28.6 Å². The molecular weight excluding hydrogens is 310 g/mol. The summed E-state index contributed by atoms with van der Waals surface area (Å²) in [6, 6.07) is 6.31. The lowest BCUT2D eigenvalue weighted by atomic mass is 10.0. The van der Waals surface area contributed by atoms with E-state index in [2.05, 4.69) is 41.3 Å². The highest BCUT2D eigenvalue weighted by atomic mass is 79.9. The lowest BCUT2D eigenvalue weighted by Crippen LogP contribution is -2.34. The Morgan fingerprint density at radius 2 is 2.06 bits per heavy atom. The largest absolute Gasteiger partial charge is 0.508 e. The van der Waals surface area contributed by atoms with Crippen molar-refractivity contribution in [3.05, 3.63) is 28.2 Å². The summed E-state index contributed by atoms with van der Waals surface area (Å²) < 4.78 is 1.01. The van der Waals surface area contributed by atoms with E-state index in [0.29, 0.717) is 11.8 Å². The molecule has 0 saturated carbocycles. The van der Waals surface area contributed by atoms with Crippen LogP contribution in [0.15, 0.2) is 22.7 Å². The number of rotatable bonds is 7. The summed E-state index contributed by atoms with van der Waals surface area (Å²) in [5, 5.41) is 13.6. The van der Waals surface area contributed by atoms with Crippen LogP contribution >= 0.6 is 27.7 Å². The number of nitrogens with one attached hydrogen (secondary N) is 1. The first kappa shape index (κ1) is 15.9. The quantitative estimate of drug-likeness (QED) is 0.779. The van der Waals surface area contributed by atoms with Crippen LogP contribution in [-0.2, 0) is 0 Å². The summed E-state index contributed by atoms with van der Waals surface area (Å²) in [6.07, 6.45) is 4.20. The minimum Gasteiger partial charge on any atom is -0.508 e. The van der Waals surface area contributed by atoms with Crippen molar-refractivity contribution < 1.29 is 5.11 Å². The molecule has 1 aromatic rings. The van der Waals surface area contributed by atoms with E-state index in [4.69, 9.17) is 0 Å². The maximum atomic E-state index is 9.99. The first-order valence-electron chi connectivity index (χ1n) is 6.35. The van der Waals surface area contributed by atoms with E-state index >= 15 is 0 Å². The number of hydrogen-bond donors (Lipinski definition) is 2. The van der Waals surface area contributed by atoms with Crippen LogP contribution in [0.3, 0.4) is 0 Å². The fraction of sp³-hybridized carbons (Fsp3) is 0.571. The number of aromatic hydroxyl groups is 1. The van der Waals surface area contributed by atoms with Gasteiger partial charge in [-0.25, -0.2) is 0 Å². The molecule has 4 heteroatoms. The Bertz CT molecular complexity index is 373. The molecule has 1 rings (SSSR count). The molecule has 0 fully saturated rings. The van der Waals surface area contributed by atoms with Gasteiger partial charge in [-0.3, -0.25) is 0 Å². The van der Waals surface area contributed by atoms with E-state index in [1.165, 1.54) is 0 Å². The Morgan fingerprint density at radius 1 is 1.33 bits per heavy atom. The van der Waals surface area contributed by atoms with Gasteiger partial charge in [0, 0.05) is 27.9 Å². The van der Waals surface area contributed by atoms with E-state index in [9.17, 15) is 5.11 Å². The molecule has 2 N–H and O–H groups in total. The fourth-order valence-electron chi connectivity index (χ4n) is 2.00. The van der Waals surface area contributed by atoms with Gasteiger partial charge in [-0.05, 0) is 37.3 Å². The van der Waals surface area contributed by atoms with Gasteiger partial charge < -0.3 is 10.4 Å². The van der Waals surface area contributed by atoms with Gasteiger partial charge in [-0.2, -0.15) is 11.8 Å². The first-order valence-corrected chi connectivity index (χ1v) is 8.54. The van der Waals surface area contributed by atoms with Crippen LogP contribution in [0.25, 0.3) is 0 Å². The number of benzene rings is 1. The molecule has 0 bridgehead atoms. The third-order valence-electron chi connectivity index (χ3n) is 3.07. The standard InChI is InChI=1S/C14H22BrNOS/c1-4-11(9-18-3)16-13(5-2)12-8-10(15)6-7-14(12)17/h6-8,11,13,16-17H,4-5,9H2,1-3H3. The average molecular weight is 332 g/mol. The monoisotopic (exact) mass is 331 g/mol. The number of halogens is 1. The van der Waals surface area contributed by atoms with E-state index < -0.39 is 0 Å². The molecule has 0 saturated heterocycles. The van der Waals surface area contributed by atoms with Crippen molar-refractivity contribution in [2.75, 3.05) is 12.0 Å². The van der Waals surface area contributed by atoms with Crippen LogP contribution in [0.2, 0.25) is 0 Å². The van der Waals surface area contributed by atoms with Crippen LogP contribution in [0.5, 0.6) is 5.75 Å². The van der Waals surface area contributed by atoms with Crippen molar-refractivity contribution in [2.24, 2.45) is 0 Å². The molecular formula is C14H22BrNOS. The third kappa shape index (κ3) is 4.48. The maximum absolute atomic E-state index is 9.99. The molecule has 2 atom stereocenters. The smallest absolute Gasteiger partial charge is 0.120 e. The summed E-state index contributed by atoms with van der Waals surface area (Å²) in [4.78, 5) is 0. The number of phenolic OH excluding ortho intramolecular Hbond substituents is 1. The molecule has 0 aliphatic carbocycles. The molecule has 102 valence electrons. The van der Waals surface area contributed by atoms with Gasteiger partial charge in [-0.15, -0.1) is 0 Å². The summed E-state index contributed by atoms with van der Waals surface area (Å²) in [5.41, 5.74) is 0.978. The third-order valence-corrected chi connectivity index (χ3v) is 4.30. The van der Waals surface area contributed by atoms with Crippen LogP contribution in [0.1, 0.15) is 38.3 Å².